The summed E-state index contributed by atoms with van der Waals surface area (Å²) >= 11 is 0. The van der Waals surface area contributed by atoms with Gasteiger partial charge < -0.3 is 10.2 Å². The molecule has 1 aromatic carbocycles. The molecule has 18 heavy (non-hydrogen) atoms. The Balaban J connectivity index is 2.03. The molecule has 1 aromatic rings. The van der Waals surface area contributed by atoms with Crippen molar-refractivity contribution in [1.29, 1.82) is 0 Å². The van der Waals surface area contributed by atoms with Crippen LogP contribution in [0.2, 0.25) is 0 Å². The van der Waals surface area contributed by atoms with Crippen molar-refractivity contribution in [2.75, 3.05) is 24.5 Å². The Hall–Kier alpha value is -1.02. The first-order valence-corrected chi connectivity index (χ1v) is 7.26. The molecule has 2 rings (SSSR count). The second-order valence-corrected chi connectivity index (χ2v) is 5.53. The summed E-state index contributed by atoms with van der Waals surface area (Å²) in [5.74, 6) is 0. The van der Waals surface area contributed by atoms with Gasteiger partial charge in [-0.15, -0.1) is 0 Å². The first-order chi connectivity index (χ1) is 8.70. The highest BCUT2D eigenvalue weighted by atomic mass is 15.2. The Labute approximate surface area is 111 Å². The summed E-state index contributed by atoms with van der Waals surface area (Å²) in [7, 11) is 0. The number of hydrogen-bond acceptors (Lipinski definition) is 2. The van der Waals surface area contributed by atoms with Crippen molar-refractivity contribution in [2.45, 2.75) is 46.1 Å². The number of nitrogens with zero attached hydrogens (tertiary/aromatic N) is 1. The molecule has 1 fully saturated rings. The van der Waals surface area contributed by atoms with Gasteiger partial charge in [-0.3, -0.25) is 0 Å². The van der Waals surface area contributed by atoms with Crippen molar-refractivity contribution in [3.63, 3.8) is 0 Å². The van der Waals surface area contributed by atoms with Crippen LogP contribution in [0.4, 0.5) is 5.69 Å². The lowest BCUT2D eigenvalue weighted by atomic mass is 10.0. The SMILES string of the molecule is CCCNC1CCCN(c2ccc(C)cc2C)C1. The molecule has 1 aliphatic rings. The van der Waals surface area contributed by atoms with E-state index in [0.717, 1.165) is 13.1 Å². The topological polar surface area (TPSA) is 15.3 Å². The van der Waals surface area contributed by atoms with Gasteiger partial charge in [0.25, 0.3) is 0 Å². The van der Waals surface area contributed by atoms with Crippen LogP contribution in [-0.2, 0) is 0 Å². The zero-order valence-electron chi connectivity index (χ0n) is 12.0. The molecule has 100 valence electrons. The highest BCUT2D eigenvalue weighted by Crippen LogP contribution is 2.24. The Morgan fingerprint density at radius 1 is 1.33 bits per heavy atom. The van der Waals surface area contributed by atoms with Crippen LogP contribution in [0, 0.1) is 13.8 Å². The van der Waals surface area contributed by atoms with Crippen LogP contribution < -0.4 is 10.2 Å². The van der Waals surface area contributed by atoms with Gasteiger partial charge in [-0.25, -0.2) is 0 Å². The number of anilines is 1. The van der Waals surface area contributed by atoms with E-state index in [1.165, 1.54) is 42.6 Å². The third-order valence-corrected chi connectivity index (χ3v) is 3.80. The highest BCUT2D eigenvalue weighted by Gasteiger charge is 2.20. The fraction of sp³-hybridized carbons (Fsp3) is 0.625. The summed E-state index contributed by atoms with van der Waals surface area (Å²) in [5, 5.41) is 3.66. The van der Waals surface area contributed by atoms with Crippen molar-refractivity contribution in [3.8, 4) is 0 Å². The third kappa shape index (κ3) is 3.26. The van der Waals surface area contributed by atoms with E-state index in [9.17, 15) is 0 Å². The van der Waals surface area contributed by atoms with E-state index in [4.69, 9.17) is 0 Å². The summed E-state index contributed by atoms with van der Waals surface area (Å²) in [6, 6.07) is 7.47. The molecule has 1 atom stereocenters. The average Bonchev–Trinajstić information content (AvgIpc) is 2.36. The van der Waals surface area contributed by atoms with Gasteiger partial charge in [0, 0.05) is 24.8 Å². The molecule has 0 spiro atoms. The Bertz CT molecular complexity index is 387. The fourth-order valence-corrected chi connectivity index (χ4v) is 2.87. The Morgan fingerprint density at radius 3 is 2.89 bits per heavy atom. The number of rotatable bonds is 4. The normalized spacial score (nSPS) is 20.2. The van der Waals surface area contributed by atoms with Crippen LogP contribution in [0.15, 0.2) is 18.2 Å². The number of hydrogen-bond donors (Lipinski definition) is 1. The zero-order valence-corrected chi connectivity index (χ0v) is 12.0. The first kappa shape index (κ1) is 13.4. The lowest BCUT2D eigenvalue weighted by Crippen LogP contribution is -2.46. The van der Waals surface area contributed by atoms with Gasteiger partial charge in [-0.05, 0) is 51.3 Å². The van der Waals surface area contributed by atoms with Crippen molar-refractivity contribution in [1.82, 2.24) is 5.32 Å². The molecular formula is C16H26N2. The van der Waals surface area contributed by atoms with Crippen LogP contribution in [0.3, 0.4) is 0 Å². The van der Waals surface area contributed by atoms with Gasteiger partial charge >= 0.3 is 0 Å². The smallest absolute Gasteiger partial charge is 0.0396 e. The van der Waals surface area contributed by atoms with E-state index >= 15 is 0 Å². The summed E-state index contributed by atoms with van der Waals surface area (Å²) in [4.78, 5) is 2.55. The maximum absolute atomic E-state index is 3.66. The summed E-state index contributed by atoms with van der Waals surface area (Å²) < 4.78 is 0. The van der Waals surface area contributed by atoms with Crippen LogP contribution in [-0.4, -0.2) is 25.7 Å². The zero-order chi connectivity index (χ0) is 13.0. The second kappa shape index (κ2) is 6.24. The lowest BCUT2D eigenvalue weighted by Gasteiger charge is -2.35. The number of nitrogens with one attached hydrogen (secondary N) is 1. The molecule has 2 heteroatoms. The van der Waals surface area contributed by atoms with Crippen LogP contribution in [0.5, 0.6) is 0 Å². The van der Waals surface area contributed by atoms with Crippen LogP contribution in [0.1, 0.15) is 37.3 Å². The van der Waals surface area contributed by atoms with Crippen molar-refractivity contribution in [2.24, 2.45) is 0 Å². The minimum atomic E-state index is 0.666. The Morgan fingerprint density at radius 2 is 2.17 bits per heavy atom. The van der Waals surface area contributed by atoms with E-state index in [1.54, 1.807) is 0 Å². The molecule has 0 bridgehead atoms. The minimum Gasteiger partial charge on any atom is -0.370 e. The molecule has 1 heterocycles. The molecule has 0 amide bonds. The lowest BCUT2D eigenvalue weighted by molar-refractivity contribution is 0.423. The van der Waals surface area contributed by atoms with Crippen molar-refractivity contribution >= 4 is 5.69 Å². The third-order valence-electron chi connectivity index (χ3n) is 3.80. The van der Waals surface area contributed by atoms with Gasteiger partial charge in [0.15, 0.2) is 0 Å². The van der Waals surface area contributed by atoms with E-state index in [2.05, 4.69) is 49.2 Å². The monoisotopic (exact) mass is 246 g/mol. The molecule has 2 nitrogen and oxygen atoms in total. The molecule has 0 aliphatic carbocycles. The molecular weight excluding hydrogens is 220 g/mol. The molecule has 1 aliphatic heterocycles. The predicted molar refractivity (Wildman–Crippen MR) is 79.4 cm³/mol. The first-order valence-electron chi connectivity index (χ1n) is 7.26. The average molecular weight is 246 g/mol. The molecule has 1 saturated heterocycles. The standard InChI is InChI=1S/C16H26N2/c1-4-9-17-15-6-5-10-18(12-15)16-8-7-13(2)11-14(16)3/h7-8,11,15,17H,4-6,9-10,12H2,1-3H3. The summed E-state index contributed by atoms with van der Waals surface area (Å²) in [6.07, 6.45) is 3.84. The largest absolute Gasteiger partial charge is 0.370 e. The quantitative estimate of drug-likeness (QED) is 0.877. The molecule has 0 radical (unpaired) electrons. The van der Waals surface area contributed by atoms with Gasteiger partial charge in [0.05, 0.1) is 0 Å². The predicted octanol–water partition coefficient (Wildman–Crippen LogP) is 3.27. The maximum Gasteiger partial charge on any atom is 0.0396 e. The number of aryl methyl sites for hydroxylation is 2. The van der Waals surface area contributed by atoms with Gasteiger partial charge in [0.1, 0.15) is 0 Å². The van der Waals surface area contributed by atoms with Crippen LogP contribution >= 0.6 is 0 Å². The molecule has 0 saturated carbocycles. The maximum atomic E-state index is 3.66. The molecule has 1 unspecified atom stereocenters. The van der Waals surface area contributed by atoms with E-state index < -0.39 is 0 Å². The number of piperidine rings is 1. The van der Waals surface area contributed by atoms with Gasteiger partial charge in [-0.2, -0.15) is 0 Å². The number of benzene rings is 1. The van der Waals surface area contributed by atoms with Crippen molar-refractivity contribution < 1.29 is 0 Å². The second-order valence-electron chi connectivity index (χ2n) is 5.53. The minimum absolute atomic E-state index is 0.666. The van der Waals surface area contributed by atoms with Crippen molar-refractivity contribution in [3.05, 3.63) is 29.3 Å². The van der Waals surface area contributed by atoms with E-state index in [1.807, 2.05) is 0 Å². The van der Waals surface area contributed by atoms with Gasteiger partial charge in [-0.1, -0.05) is 24.6 Å². The fourth-order valence-electron chi connectivity index (χ4n) is 2.87. The summed E-state index contributed by atoms with van der Waals surface area (Å²) in [6.45, 7) is 10.1. The molecule has 1 N–H and O–H groups in total. The molecule has 0 aromatic heterocycles. The summed E-state index contributed by atoms with van der Waals surface area (Å²) in [5.41, 5.74) is 4.18. The van der Waals surface area contributed by atoms with E-state index in [-0.39, 0.29) is 0 Å². The highest BCUT2D eigenvalue weighted by molar-refractivity contribution is 5.54. The van der Waals surface area contributed by atoms with Crippen LogP contribution in [0.25, 0.3) is 0 Å². The van der Waals surface area contributed by atoms with Gasteiger partial charge in [0.2, 0.25) is 0 Å². The Kier molecular flexibility index (Phi) is 4.65. The van der Waals surface area contributed by atoms with E-state index in [0.29, 0.717) is 6.04 Å².